The third kappa shape index (κ3) is 5.37. The molecule has 2 aromatic carbocycles. The number of rotatable bonds is 7. The quantitative estimate of drug-likeness (QED) is 0.695. The predicted molar refractivity (Wildman–Crippen MR) is 99.6 cm³/mol. The second-order valence-electron chi connectivity index (χ2n) is 6.16. The Morgan fingerprint density at radius 3 is 2.59 bits per heavy atom. The Balaban J connectivity index is 1.44. The normalized spacial score (nSPS) is 10.6. The lowest BCUT2D eigenvalue weighted by molar-refractivity contribution is 0.209. The number of halogens is 1. The molecule has 0 fully saturated rings. The SMILES string of the molecule is CN(CCc1noc(-c2ccc(F)cc2)n1)C(=O)NCCc1ccccc1. The Labute approximate surface area is 157 Å². The van der Waals surface area contributed by atoms with Crippen molar-refractivity contribution >= 4 is 6.03 Å². The topological polar surface area (TPSA) is 71.3 Å². The maximum Gasteiger partial charge on any atom is 0.317 e. The molecule has 1 aromatic heterocycles. The molecule has 2 amide bonds. The molecule has 0 unspecified atom stereocenters. The van der Waals surface area contributed by atoms with Crippen LogP contribution < -0.4 is 5.32 Å². The molecule has 0 aliphatic heterocycles. The van der Waals surface area contributed by atoms with Crippen LogP contribution in [0.4, 0.5) is 9.18 Å². The van der Waals surface area contributed by atoms with E-state index in [1.807, 2.05) is 30.3 Å². The Morgan fingerprint density at radius 2 is 1.85 bits per heavy atom. The van der Waals surface area contributed by atoms with Gasteiger partial charge in [-0.2, -0.15) is 4.98 Å². The summed E-state index contributed by atoms with van der Waals surface area (Å²) in [5, 5.41) is 6.80. The molecule has 0 bridgehead atoms. The highest BCUT2D eigenvalue weighted by molar-refractivity contribution is 5.73. The van der Waals surface area contributed by atoms with Gasteiger partial charge in [-0.25, -0.2) is 9.18 Å². The number of nitrogens with one attached hydrogen (secondary N) is 1. The molecule has 6 nitrogen and oxygen atoms in total. The smallest absolute Gasteiger partial charge is 0.317 e. The van der Waals surface area contributed by atoms with Crippen LogP contribution in [-0.4, -0.2) is 41.2 Å². The Hall–Kier alpha value is -3.22. The average molecular weight is 368 g/mol. The summed E-state index contributed by atoms with van der Waals surface area (Å²) < 4.78 is 18.2. The zero-order valence-corrected chi connectivity index (χ0v) is 15.1. The third-order valence-electron chi connectivity index (χ3n) is 4.11. The molecular weight excluding hydrogens is 347 g/mol. The lowest BCUT2D eigenvalue weighted by Crippen LogP contribution is -2.39. The molecule has 0 saturated heterocycles. The lowest BCUT2D eigenvalue weighted by atomic mass is 10.1. The van der Waals surface area contributed by atoms with Crippen LogP contribution in [0.15, 0.2) is 59.1 Å². The third-order valence-corrected chi connectivity index (χ3v) is 4.11. The minimum atomic E-state index is -0.321. The number of amides is 2. The first kappa shape index (κ1) is 18.6. The number of carbonyl (C=O) groups excluding carboxylic acids is 1. The van der Waals surface area contributed by atoms with E-state index in [-0.39, 0.29) is 11.8 Å². The average Bonchev–Trinajstić information content (AvgIpc) is 3.16. The highest BCUT2D eigenvalue weighted by Gasteiger charge is 2.12. The lowest BCUT2D eigenvalue weighted by Gasteiger charge is -2.17. The Bertz CT molecular complexity index is 865. The van der Waals surface area contributed by atoms with Crippen molar-refractivity contribution < 1.29 is 13.7 Å². The van der Waals surface area contributed by atoms with Gasteiger partial charge in [-0.05, 0) is 36.2 Å². The van der Waals surface area contributed by atoms with E-state index in [1.165, 1.54) is 17.7 Å². The first-order valence-electron chi connectivity index (χ1n) is 8.73. The molecule has 3 rings (SSSR count). The maximum absolute atomic E-state index is 13.0. The van der Waals surface area contributed by atoms with Gasteiger partial charge in [0.2, 0.25) is 0 Å². The number of hydrogen-bond acceptors (Lipinski definition) is 4. The summed E-state index contributed by atoms with van der Waals surface area (Å²) in [4.78, 5) is 18.0. The summed E-state index contributed by atoms with van der Waals surface area (Å²) in [5.74, 6) is 0.511. The van der Waals surface area contributed by atoms with Crippen molar-refractivity contribution in [3.63, 3.8) is 0 Å². The molecule has 27 heavy (non-hydrogen) atoms. The fourth-order valence-electron chi connectivity index (χ4n) is 2.53. The van der Waals surface area contributed by atoms with E-state index in [1.54, 1.807) is 24.1 Å². The molecule has 7 heteroatoms. The van der Waals surface area contributed by atoms with E-state index in [0.717, 1.165) is 6.42 Å². The number of urea groups is 1. The van der Waals surface area contributed by atoms with Crippen molar-refractivity contribution in [1.29, 1.82) is 0 Å². The van der Waals surface area contributed by atoms with Crippen LogP contribution in [0, 0.1) is 5.82 Å². The van der Waals surface area contributed by atoms with Gasteiger partial charge < -0.3 is 14.7 Å². The summed E-state index contributed by atoms with van der Waals surface area (Å²) in [6, 6.07) is 15.7. The van der Waals surface area contributed by atoms with E-state index in [4.69, 9.17) is 4.52 Å². The first-order valence-corrected chi connectivity index (χ1v) is 8.73. The van der Waals surface area contributed by atoms with Crippen LogP contribution in [0.2, 0.25) is 0 Å². The fourth-order valence-corrected chi connectivity index (χ4v) is 2.53. The summed E-state index contributed by atoms with van der Waals surface area (Å²) in [6.07, 6.45) is 1.25. The Morgan fingerprint density at radius 1 is 1.11 bits per heavy atom. The van der Waals surface area contributed by atoms with Gasteiger partial charge in [-0.1, -0.05) is 35.5 Å². The van der Waals surface area contributed by atoms with Crippen molar-refractivity contribution in [3.05, 3.63) is 71.8 Å². The Kier molecular flexibility index (Phi) is 6.14. The maximum atomic E-state index is 13.0. The van der Waals surface area contributed by atoms with Gasteiger partial charge in [0.05, 0.1) is 0 Å². The van der Waals surface area contributed by atoms with Crippen LogP contribution in [0.5, 0.6) is 0 Å². The zero-order chi connectivity index (χ0) is 19.1. The molecule has 0 aliphatic rings. The van der Waals surface area contributed by atoms with Crippen molar-refractivity contribution in [1.82, 2.24) is 20.4 Å². The summed E-state index contributed by atoms with van der Waals surface area (Å²) in [6.45, 7) is 1.03. The van der Waals surface area contributed by atoms with E-state index in [0.29, 0.717) is 36.8 Å². The summed E-state index contributed by atoms with van der Waals surface area (Å²) in [5.41, 5.74) is 1.84. The first-order chi connectivity index (χ1) is 13.1. The molecule has 3 aromatic rings. The standard InChI is InChI=1S/C20H21FN4O2/c1-25(20(26)22-13-11-15-5-3-2-4-6-15)14-12-18-23-19(27-24-18)16-7-9-17(21)10-8-16/h2-10H,11-14H2,1H3,(H,22,26). The second kappa shape index (κ2) is 8.93. The minimum Gasteiger partial charge on any atom is -0.338 e. The van der Waals surface area contributed by atoms with Crippen LogP contribution in [-0.2, 0) is 12.8 Å². The number of nitrogens with zero attached hydrogens (tertiary/aromatic N) is 3. The number of carbonyl (C=O) groups is 1. The monoisotopic (exact) mass is 368 g/mol. The summed E-state index contributed by atoms with van der Waals surface area (Å²) >= 11 is 0. The van der Waals surface area contributed by atoms with E-state index in [9.17, 15) is 9.18 Å². The molecule has 1 N–H and O–H groups in total. The van der Waals surface area contributed by atoms with E-state index >= 15 is 0 Å². The number of aromatic nitrogens is 2. The summed E-state index contributed by atoms with van der Waals surface area (Å²) in [7, 11) is 1.72. The van der Waals surface area contributed by atoms with Crippen LogP contribution in [0.25, 0.3) is 11.5 Å². The molecular formula is C20H21FN4O2. The van der Waals surface area contributed by atoms with Crippen molar-refractivity contribution in [2.24, 2.45) is 0 Å². The molecule has 0 spiro atoms. The van der Waals surface area contributed by atoms with Gasteiger partial charge in [0, 0.05) is 32.1 Å². The highest BCUT2D eigenvalue weighted by atomic mass is 19.1. The van der Waals surface area contributed by atoms with Crippen LogP contribution in [0.1, 0.15) is 11.4 Å². The van der Waals surface area contributed by atoms with Crippen LogP contribution >= 0.6 is 0 Å². The molecule has 1 heterocycles. The van der Waals surface area contributed by atoms with Crippen molar-refractivity contribution in [2.45, 2.75) is 12.8 Å². The predicted octanol–water partition coefficient (Wildman–Crippen LogP) is 3.30. The minimum absolute atomic E-state index is 0.145. The number of likely N-dealkylation sites (N-methyl/N-ethyl adjacent to an activating group) is 1. The largest absolute Gasteiger partial charge is 0.338 e. The fraction of sp³-hybridized carbons (Fsp3) is 0.250. The van der Waals surface area contributed by atoms with E-state index < -0.39 is 0 Å². The zero-order valence-electron chi connectivity index (χ0n) is 15.1. The van der Waals surface area contributed by atoms with Gasteiger partial charge in [0.15, 0.2) is 5.82 Å². The van der Waals surface area contributed by atoms with Gasteiger partial charge >= 0.3 is 6.03 Å². The highest BCUT2D eigenvalue weighted by Crippen LogP contribution is 2.17. The van der Waals surface area contributed by atoms with Crippen molar-refractivity contribution in [2.75, 3.05) is 20.1 Å². The molecule has 0 saturated carbocycles. The van der Waals surface area contributed by atoms with Crippen molar-refractivity contribution in [3.8, 4) is 11.5 Å². The van der Waals surface area contributed by atoms with Crippen LogP contribution in [0.3, 0.4) is 0 Å². The molecule has 0 atom stereocenters. The van der Waals surface area contributed by atoms with E-state index in [2.05, 4.69) is 15.5 Å². The molecule has 0 radical (unpaired) electrons. The number of benzene rings is 2. The van der Waals surface area contributed by atoms with Gasteiger partial charge in [0.25, 0.3) is 5.89 Å². The molecule has 0 aliphatic carbocycles. The van der Waals surface area contributed by atoms with Gasteiger partial charge in [0.1, 0.15) is 5.82 Å². The molecule has 140 valence electrons. The second-order valence-corrected chi connectivity index (χ2v) is 6.16. The van der Waals surface area contributed by atoms with Gasteiger partial charge in [-0.3, -0.25) is 0 Å². The number of hydrogen-bond donors (Lipinski definition) is 1. The van der Waals surface area contributed by atoms with Gasteiger partial charge in [-0.15, -0.1) is 0 Å².